The van der Waals surface area contributed by atoms with Gasteiger partial charge in [0.05, 0.1) is 11.3 Å². The molecule has 6 nitrogen and oxygen atoms in total. The maximum absolute atomic E-state index is 11.7. The molecule has 0 aliphatic rings. The fourth-order valence-corrected chi connectivity index (χ4v) is 1.40. The summed E-state index contributed by atoms with van der Waals surface area (Å²) in [5.41, 5.74) is 6.03. The molecule has 4 N–H and O–H groups in total. The lowest BCUT2D eigenvalue weighted by atomic mass is 10.1. The Balaban J connectivity index is 2.63. The van der Waals surface area contributed by atoms with E-state index >= 15 is 0 Å². The monoisotopic (exact) mass is 280 g/mol. The molecule has 1 aromatic carbocycles. The number of amides is 1. The molecular formula is C14H20N2O4. The molecule has 0 aliphatic heterocycles. The molecule has 0 saturated carbocycles. The molecule has 0 aliphatic carbocycles. The molecule has 0 fully saturated rings. The first-order valence-electron chi connectivity index (χ1n) is 6.36. The van der Waals surface area contributed by atoms with E-state index in [0.29, 0.717) is 11.6 Å². The molecule has 110 valence electrons. The van der Waals surface area contributed by atoms with Gasteiger partial charge in [0, 0.05) is 6.04 Å². The van der Waals surface area contributed by atoms with Gasteiger partial charge in [0.25, 0.3) is 5.91 Å². The van der Waals surface area contributed by atoms with Crippen LogP contribution in [0.1, 0.15) is 31.1 Å². The number of nitrogen functional groups attached to an aromatic ring is 1. The summed E-state index contributed by atoms with van der Waals surface area (Å²) in [5.74, 6) is -0.837. The van der Waals surface area contributed by atoms with Crippen molar-refractivity contribution >= 4 is 17.6 Å². The van der Waals surface area contributed by atoms with E-state index in [-0.39, 0.29) is 29.9 Å². The van der Waals surface area contributed by atoms with Gasteiger partial charge in [-0.15, -0.1) is 0 Å². The number of aromatic carboxylic acids is 1. The summed E-state index contributed by atoms with van der Waals surface area (Å²) in [6, 6.07) is 4.16. The predicted octanol–water partition coefficient (Wildman–Crippen LogP) is 1.51. The summed E-state index contributed by atoms with van der Waals surface area (Å²) >= 11 is 0. The minimum absolute atomic E-state index is 0.0359. The van der Waals surface area contributed by atoms with Crippen LogP contribution >= 0.6 is 0 Å². The highest BCUT2D eigenvalue weighted by molar-refractivity contribution is 5.89. The summed E-state index contributed by atoms with van der Waals surface area (Å²) in [7, 11) is 0. The Bertz CT molecular complexity index is 500. The number of carboxylic acid groups (broad SMARTS) is 1. The van der Waals surface area contributed by atoms with E-state index in [2.05, 4.69) is 5.32 Å². The van der Waals surface area contributed by atoms with Crippen LogP contribution in [-0.4, -0.2) is 29.6 Å². The van der Waals surface area contributed by atoms with E-state index in [0.717, 1.165) is 0 Å². The lowest BCUT2D eigenvalue weighted by Crippen LogP contribution is -2.39. The van der Waals surface area contributed by atoms with Gasteiger partial charge in [0.1, 0.15) is 5.75 Å². The summed E-state index contributed by atoms with van der Waals surface area (Å²) in [6.45, 7) is 5.70. The molecule has 1 amide bonds. The fraction of sp³-hybridized carbons (Fsp3) is 0.429. The van der Waals surface area contributed by atoms with Gasteiger partial charge in [-0.1, -0.05) is 13.8 Å². The number of carboxylic acids is 1. The van der Waals surface area contributed by atoms with Crippen LogP contribution in [0.3, 0.4) is 0 Å². The number of carbonyl (C=O) groups is 2. The van der Waals surface area contributed by atoms with Crippen molar-refractivity contribution in [2.24, 2.45) is 5.92 Å². The number of benzene rings is 1. The maximum Gasteiger partial charge on any atom is 0.335 e. The molecule has 1 atom stereocenters. The Labute approximate surface area is 117 Å². The zero-order valence-electron chi connectivity index (χ0n) is 11.8. The zero-order chi connectivity index (χ0) is 15.3. The van der Waals surface area contributed by atoms with Gasteiger partial charge in [-0.3, -0.25) is 4.79 Å². The number of hydrogen-bond acceptors (Lipinski definition) is 4. The number of rotatable bonds is 6. The van der Waals surface area contributed by atoms with Crippen molar-refractivity contribution in [2.45, 2.75) is 26.8 Å². The second-order valence-electron chi connectivity index (χ2n) is 4.95. The second-order valence-corrected chi connectivity index (χ2v) is 4.95. The number of ether oxygens (including phenoxy) is 1. The molecule has 0 saturated heterocycles. The topological polar surface area (TPSA) is 102 Å². The van der Waals surface area contributed by atoms with Crippen molar-refractivity contribution in [3.05, 3.63) is 23.8 Å². The smallest absolute Gasteiger partial charge is 0.335 e. The molecular weight excluding hydrogens is 260 g/mol. The minimum Gasteiger partial charge on any atom is -0.482 e. The molecule has 0 spiro atoms. The molecule has 6 heteroatoms. The van der Waals surface area contributed by atoms with Crippen LogP contribution < -0.4 is 15.8 Å². The first kappa shape index (κ1) is 15.8. The van der Waals surface area contributed by atoms with Gasteiger partial charge in [-0.05, 0) is 31.0 Å². The summed E-state index contributed by atoms with van der Waals surface area (Å²) < 4.78 is 5.27. The van der Waals surface area contributed by atoms with Crippen LogP contribution in [0.4, 0.5) is 5.69 Å². The second kappa shape index (κ2) is 6.79. The Morgan fingerprint density at radius 1 is 1.35 bits per heavy atom. The Morgan fingerprint density at radius 3 is 2.55 bits per heavy atom. The summed E-state index contributed by atoms with van der Waals surface area (Å²) in [6.07, 6.45) is 0. The summed E-state index contributed by atoms with van der Waals surface area (Å²) in [4.78, 5) is 22.5. The Kier molecular flexibility index (Phi) is 5.37. The minimum atomic E-state index is -1.08. The first-order chi connectivity index (χ1) is 9.31. The van der Waals surface area contributed by atoms with Crippen molar-refractivity contribution in [3.8, 4) is 5.75 Å². The van der Waals surface area contributed by atoms with Crippen molar-refractivity contribution in [1.82, 2.24) is 5.32 Å². The SMILES string of the molecule is CC(C)C(C)NC(=O)COc1cc(C(=O)O)ccc1N. The molecule has 1 aromatic rings. The third-order valence-corrected chi connectivity index (χ3v) is 3.01. The van der Waals surface area contributed by atoms with Crippen molar-refractivity contribution in [3.63, 3.8) is 0 Å². The van der Waals surface area contributed by atoms with Gasteiger partial charge in [0.2, 0.25) is 0 Å². The van der Waals surface area contributed by atoms with Gasteiger partial charge in [0.15, 0.2) is 6.61 Å². The maximum atomic E-state index is 11.7. The molecule has 20 heavy (non-hydrogen) atoms. The largest absolute Gasteiger partial charge is 0.482 e. The van der Waals surface area contributed by atoms with Gasteiger partial charge >= 0.3 is 5.97 Å². The first-order valence-corrected chi connectivity index (χ1v) is 6.36. The molecule has 0 bridgehead atoms. The van der Waals surface area contributed by atoms with Crippen LogP contribution in [0.25, 0.3) is 0 Å². The Morgan fingerprint density at radius 2 is 2.00 bits per heavy atom. The van der Waals surface area contributed by atoms with Crippen molar-refractivity contribution < 1.29 is 19.4 Å². The molecule has 0 radical (unpaired) electrons. The molecule has 0 aromatic heterocycles. The lowest BCUT2D eigenvalue weighted by molar-refractivity contribution is -0.123. The molecule has 1 unspecified atom stereocenters. The van der Waals surface area contributed by atoms with Crippen LogP contribution in [-0.2, 0) is 4.79 Å². The van der Waals surface area contributed by atoms with Crippen LogP contribution in [0, 0.1) is 5.92 Å². The van der Waals surface area contributed by atoms with E-state index in [9.17, 15) is 9.59 Å². The van der Waals surface area contributed by atoms with E-state index in [4.69, 9.17) is 15.6 Å². The highest BCUT2D eigenvalue weighted by atomic mass is 16.5. The van der Waals surface area contributed by atoms with Crippen LogP contribution in [0.5, 0.6) is 5.75 Å². The van der Waals surface area contributed by atoms with Crippen LogP contribution in [0.2, 0.25) is 0 Å². The predicted molar refractivity (Wildman–Crippen MR) is 75.8 cm³/mol. The summed E-state index contributed by atoms with van der Waals surface area (Å²) in [5, 5.41) is 11.7. The standard InChI is InChI=1S/C14H20N2O4/c1-8(2)9(3)16-13(17)7-20-12-6-10(14(18)19)4-5-11(12)15/h4-6,8-9H,7,15H2,1-3H3,(H,16,17)(H,18,19). The van der Waals surface area contributed by atoms with E-state index in [1.165, 1.54) is 18.2 Å². The van der Waals surface area contributed by atoms with Crippen molar-refractivity contribution in [2.75, 3.05) is 12.3 Å². The Hall–Kier alpha value is -2.24. The highest BCUT2D eigenvalue weighted by Crippen LogP contribution is 2.22. The van der Waals surface area contributed by atoms with Crippen molar-refractivity contribution in [1.29, 1.82) is 0 Å². The number of nitrogens with two attached hydrogens (primary N) is 1. The van der Waals surface area contributed by atoms with E-state index in [1.807, 2.05) is 20.8 Å². The van der Waals surface area contributed by atoms with Gasteiger partial charge < -0.3 is 20.9 Å². The number of anilines is 1. The molecule has 1 rings (SSSR count). The third-order valence-electron chi connectivity index (χ3n) is 3.01. The number of carbonyl (C=O) groups excluding carboxylic acids is 1. The quantitative estimate of drug-likeness (QED) is 0.685. The third kappa shape index (κ3) is 4.46. The van der Waals surface area contributed by atoms with E-state index in [1.54, 1.807) is 0 Å². The van der Waals surface area contributed by atoms with Gasteiger partial charge in [-0.2, -0.15) is 0 Å². The van der Waals surface area contributed by atoms with Gasteiger partial charge in [-0.25, -0.2) is 4.79 Å². The highest BCUT2D eigenvalue weighted by Gasteiger charge is 2.13. The fourth-order valence-electron chi connectivity index (χ4n) is 1.40. The van der Waals surface area contributed by atoms with E-state index < -0.39 is 5.97 Å². The average Bonchev–Trinajstić information content (AvgIpc) is 2.37. The number of nitrogens with one attached hydrogen (secondary N) is 1. The van der Waals surface area contributed by atoms with Crippen LogP contribution in [0.15, 0.2) is 18.2 Å². The number of hydrogen-bond donors (Lipinski definition) is 3. The zero-order valence-corrected chi connectivity index (χ0v) is 11.8. The lowest BCUT2D eigenvalue weighted by Gasteiger charge is -2.17. The average molecular weight is 280 g/mol. The molecule has 0 heterocycles. The normalized spacial score (nSPS) is 12.0.